The van der Waals surface area contributed by atoms with Gasteiger partial charge in [-0.25, -0.2) is 0 Å². The Hall–Kier alpha value is -1.75. The average Bonchev–Trinajstić information content (AvgIpc) is 2.94. The lowest BCUT2D eigenvalue weighted by Gasteiger charge is -2.27. The van der Waals surface area contributed by atoms with E-state index in [4.69, 9.17) is 4.74 Å². The average molecular weight is 516 g/mol. The highest BCUT2D eigenvalue weighted by Gasteiger charge is 2.37. The molecule has 2 heterocycles. The van der Waals surface area contributed by atoms with Gasteiger partial charge in [-0.05, 0) is 84.3 Å². The summed E-state index contributed by atoms with van der Waals surface area (Å²) in [7, 11) is 0. The van der Waals surface area contributed by atoms with Crippen molar-refractivity contribution < 1.29 is 24.2 Å². The van der Waals surface area contributed by atoms with Crippen molar-refractivity contribution in [1.29, 1.82) is 0 Å². The molecule has 3 rings (SSSR count). The van der Waals surface area contributed by atoms with Crippen LogP contribution in [-0.2, 0) is 9.59 Å². The predicted molar refractivity (Wildman–Crippen MR) is 115 cm³/mol. The van der Waals surface area contributed by atoms with Crippen LogP contribution in [-0.4, -0.2) is 58.2 Å². The number of imide groups is 1. The van der Waals surface area contributed by atoms with Crippen molar-refractivity contribution in [3.63, 3.8) is 0 Å². The van der Waals surface area contributed by atoms with Crippen LogP contribution in [0, 0.1) is 3.57 Å². The van der Waals surface area contributed by atoms with Crippen LogP contribution in [0.5, 0.6) is 11.5 Å². The third kappa shape index (κ3) is 4.62. The van der Waals surface area contributed by atoms with Crippen LogP contribution in [0.1, 0.15) is 31.7 Å². The summed E-state index contributed by atoms with van der Waals surface area (Å²) in [5.41, 5.74) is 0.638. The highest BCUT2D eigenvalue weighted by atomic mass is 127. The minimum atomic E-state index is -0.471. The van der Waals surface area contributed by atoms with Crippen molar-refractivity contribution in [2.45, 2.75) is 26.2 Å². The molecular formula is C19H21IN2O5S. The molecule has 2 aliphatic heterocycles. The maximum absolute atomic E-state index is 12.7. The molecule has 28 heavy (non-hydrogen) atoms. The molecule has 0 saturated carbocycles. The molecule has 0 aliphatic carbocycles. The zero-order valence-electron chi connectivity index (χ0n) is 15.4. The van der Waals surface area contributed by atoms with E-state index in [0.29, 0.717) is 34.6 Å². The number of hydrogen-bond acceptors (Lipinski definition) is 6. The molecule has 1 aromatic rings. The Morgan fingerprint density at radius 2 is 2.00 bits per heavy atom. The number of ether oxygens (including phenoxy) is 1. The van der Waals surface area contributed by atoms with Crippen molar-refractivity contribution in [2.75, 3.05) is 26.2 Å². The Bertz CT molecular complexity index is 836. The molecule has 0 atom stereocenters. The predicted octanol–water partition coefficient (Wildman–Crippen LogP) is 3.44. The van der Waals surface area contributed by atoms with Gasteiger partial charge in [-0.15, -0.1) is 0 Å². The molecule has 7 nitrogen and oxygen atoms in total. The standard InChI is InChI=1S/C19H21IN2O5S/c1-2-27-14-9-12(8-13(20)17(14)24)10-15-18(25)22(19(26)28-15)11-16(23)21-6-4-3-5-7-21/h8-10,24H,2-7,11H2,1H3/b15-10+. The monoisotopic (exact) mass is 516 g/mol. The number of nitrogens with zero attached hydrogens (tertiary/aromatic N) is 2. The minimum absolute atomic E-state index is 0.0415. The summed E-state index contributed by atoms with van der Waals surface area (Å²) in [6.45, 7) is 3.33. The number of thioether (sulfide) groups is 1. The lowest BCUT2D eigenvalue weighted by atomic mass is 10.1. The van der Waals surface area contributed by atoms with Gasteiger partial charge >= 0.3 is 0 Å². The third-order valence-electron chi connectivity index (χ3n) is 4.52. The normalized spacial score (nSPS) is 18.9. The maximum Gasteiger partial charge on any atom is 0.294 e. The number of halogens is 1. The molecule has 1 aromatic carbocycles. The fourth-order valence-electron chi connectivity index (χ4n) is 3.11. The number of phenolic OH excluding ortho intramolecular Hbond substituents is 1. The van der Waals surface area contributed by atoms with Crippen LogP contribution in [0.25, 0.3) is 6.08 Å². The Morgan fingerprint density at radius 3 is 2.68 bits per heavy atom. The zero-order valence-corrected chi connectivity index (χ0v) is 18.4. The molecule has 0 radical (unpaired) electrons. The lowest BCUT2D eigenvalue weighted by Crippen LogP contribution is -2.44. The van der Waals surface area contributed by atoms with Crippen LogP contribution in [0.3, 0.4) is 0 Å². The van der Waals surface area contributed by atoms with Gasteiger partial charge in [-0.3, -0.25) is 19.3 Å². The number of aromatic hydroxyl groups is 1. The Balaban J connectivity index is 1.76. The molecule has 9 heteroatoms. The van der Waals surface area contributed by atoms with Crippen LogP contribution < -0.4 is 4.74 Å². The van der Waals surface area contributed by atoms with Crippen molar-refractivity contribution in [3.8, 4) is 11.5 Å². The first-order valence-corrected chi connectivity index (χ1v) is 11.0. The van der Waals surface area contributed by atoms with Crippen LogP contribution in [0.15, 0.2) is 17.0 Å². The van der Waals surface area contributed by atoms with Gasteiger partial charge in [0.1, 0.15) is 6.54 Å². The fourth-order valence-corrected chi connectivity index (χ4v) is 4.57. The molecule has 2 aliphatic rings. The van der Waals surface area contributed by atoms with Gasteiger partial charge in [-0.2, -0.15) is 0 Å². The Labute approximate surface area is 181 Å². The topological polar surface area (TPSA) is 87.2 Å². The number of carbonyl (C=O) groups excluding carboxylic acids is 3. The summed E-state index contributed by atoms with van der Waals surface area (Å²) in [5.74, 6) is -0.303. The lowest BCUT2D eigenvalue weighted by molar-refractivity contribution is -0.136. The van der Waals surface area contributed by atoms with Crippen LogP contribution in [0.4, 0.5) is 4.79 Å². The zero-order chi connectivity index (χ0) is 20.3. The fraction of sp³-hybridized carbons (Fsp3) is 0.421. The Morgan fingerprint density at radius 1 is 1.29 bits per heavy atom. The van der Waals surface area contributed by atoms with Gasteiger partial charge in [0.2, 0.25) is 5.91 Å². The summed E-state index contributed by atoms with van der Waals surface area (Å²) in [4.78, 5) is 40.3. The second-order valence-corrected chi connectivity index (χ2v) is 8.65. The minimum Gasteiger partial charge on any atom is -0.504 e. The maximum atomic E-state index is 12.7. The van der Waals surface area contributed by atoms with E-state index in [9.17, 15) is 19.5 Å². The van der Waals surface area contributed by atoms with Crippen molar-refractivity contribution in [1.82, 2.24) is 9.80 Å². The third-order valence-corrected chi connectivity index (χ3v) is 6.25. The first-order chi connectivity index (χ1) is 13.4. The van der Waals surface area contributed by atoms with E-state index in [-0.39, 0.29) is 23.1 Å². The summed E-state index contributed by atoms with van der Waals surface area (Å²) in [6.07, 6.45) is 4.59. The molecule has 0 bridgehead atoms. The van der Waals surface area contributed by atoms with Gasteiger partial charge in [-0.1, -0.05) is 0 Å². The molecule has 0 spiro atoms. The summed E-state index contributed by atoms with van der Waals surface area (Å²) >= 11 is 2.79. The number of likely N-dealkylation sites (tertiary alicyclic amines) is 1. The second-order valence-electron chi connectivity index (χ2n) is 6.49. The van der Waals surface area contributed by atoms with E-state index in [1.54, 1.807) is 23.1 Å². The number of rotatable bonds is 5. The molecule has 150 valence electrons. The van der Waals surface area contributed by atoms with E-state index < -0.39 is 11.1 Å². The number of phenols is 1. The number of carbonyl (C=O) groups is 3. The highest BCUT2D eigenvalue weighted by Crippen LogP contribution is 2.36. The summed E-state index contributed by atoms with van der Waals surface area (Å²) in [6, 6.07) is 3.32. The summed E-state index contributed by atoms with van der Waals surface area (Å²) in [5, 5.41) is 9.60. The SMILES string of the molecule is CCOc1cc(/C=C2/SC(=O)N(CC(=O)N3CCCCC3)C2=O)cc(I)c1O. The van der Waals surface area contributed by atoms with Gasteiger partial charge in [0.05, 0.1) is 15.1 Å². The van der Waals surface area contributed by atoms with E-state index >= 15 is 0 Å². The first kappa shape index (κ1) is 21.0. The van der Waals surface area contributed by atoms with E-state index in [1.165, 1.54) is 0 Å². The van der Waals surface area contributed by atoms with Crippen molar-refractivity contribution in [3.05, 3.63) is 26.2 Å². The van der Waals surface area contributed by atoms with E-state index in [1.807, 2.05) is 29.5 Å². The molecule has 2 fully saturated rings. The van der Waals surface area contributed by atoms with E-state index in [2.05, 4.69) is 0 Å². The largest absolute Gasteiger partial charge is 0.504 e. The van der Waals surface area contributed by atoms with E-state index in [0.717, 1.165) is 35.9 Å². The molecule has 3 amide bonds. The van der Waals surface area contributed by atoms with Gasteiger partial charge in [0.15, 0.2) is 11.5 Å². The molecule has 0 aromatic heterocycles. The van der Waals surface area contributed by atoms with Crippen molar-refractivity contribution >= 4 is 57.5 Å². The second kappa shape index (κ2) is 9.17. The number of hydrogen-bond donors (Lipinski definition) is 1. The van der Waals surface area contributed by atoms with Gasteiger partial charge < -0.3 is 14.7 Å². The van der Waals surface area contributed by atoms with Gasteiger partial charge in [0, 0.05) is 13.1 Å². The van der Waals surface area contributed by atoms with Crippen LogP contribution >= 0.6 is 34.4 Å². The molecule has 2 saturated heterocycles. The molecule has 0 unspecified atom stereocenters. The van der Waals surface area contributed by atoms with Gasteiger partial charge in [0.25, 0.3) is 11.1 Å². The Kier molecular flexibility index (Phi) is 6.86. The van der Waals surface area contributed by atoms with Crippen LogP contribution in [0.2, 0.25) is 0 Å². The smallest absolute Gasteiger partial charge is 0.294 e. The highest BCUT2D eigenvalue weighted by molar-refractivity contribution is 14.1. The first-order valence-electron chi connectivity index (χ1n) is 9.09. The quantitative estimate of drug-likeness (QED) is 0.477. The number of benzene rings is 1. The number of amides is 3. The van der Waals surface area contributed by atoms with Crippen molar-refractivity contribution in [2.24, 2.45) is 0 Å². The number of piperidine rings is 1. The molecular weight excluding hydrogens is 495 g/mol. The summed E-state index contributed by atoms with van der Waals surface area (Å²) < 4.78 is 5.99. The molecule has 1 N–H and O–H groups in total.